The summed E-state index contributed by atoms with van der Waals surface area (Å²) in [6.07, 6.45) is 4.70. The number of aryl methyl sites for hydroxylation is 2. The molecule has 2 rings (SSSR count). The monoisotopic (exact) mass is 309 g/mol. The van der Waals surface area contributed by atoms with Crippen LogP contribution >= 0.6 is 11.6 Å². The third kappa shape index (κ3) is 3.64. The summed E-state index contributed by atoms with van der Waals surface area (Å²) in [4.78, 5) is 16.3. The quantitative estimate of drug-likeness (QED) is 0.888. The molecular formula is C14H20ClN5O. The maximum absolute atomic E-state index is 12.0. The molecule has 2 aromatic rings. The van der Waals surface area contributed by atoms with Crippen LogP contribution in [0.2, 0.25) is 5.02 Å². The SMILES string of the molecule is CCCn1ccnc1CNC(=O)Cn1nc(C)c(Cl)c1C. The van der Waals surface area contributed by atoms with E-state index < -0.39 is 0 Å². The fourth-order valence-corrected chi connectivity index (χ4v) is 2.29. The molecule has 1 N–H and O–H groups in total. The zero-order valence-corrected chi connectivity index (χ0v) is 13.3. The molecule has 0 unspecified atom stereocenters. The zero-order valence-electron chi connectivity index (χ0n) is 12.6. The summed E-state index contributed by atoms with van der Waals surface area (Å²) in [6, 6.07) is 0. The molecule has 21 heavy (non-hydrogen) atoms. The van der Waals surface area contributed by atoms with Gasteiger partial charge in [0.05, 0.1) is 23.0 Å². The van der Waals surface area contributed by atoms with E-state index in [0.717, 1.165) is 30.2 Å². The fourth-order valence-electron chi connectivity index (χ4n) is 2.15. The normalized spacial score (nSPS) is 10.9. The number of rotatable bonds is 6. The molecule has 0 aliphatic rings. The van der Waals surface area contributed by atoms with Gasteiger partial charge in [0.25, 0.3) is 0 Å². The first-order valence-corrected chi connectivity index (χ1v) is 7.37. The molecule has 7 heteroatoms. The van der Waals surface area contributed by atoms with Crippen molar-refractivity contribution in [2.75, 3.05) is 0 Å². The van der Waals surface area contributed by atoms with Gasteiger partial charge in [-0.2, -0.15) is 5.10 Å². The Morgan fingerprint density at radius 2 is 2.19 bits per heavy atom. The number of aromatic nitrogens is 4. The number of halogens is 1. The summed E-state index contributed by atoms with van der Waals surface area (Å²) >= 11 is 6.07. The van der Waals surface area contributed by atoms with Crippen LogP contribution < -0.4 is 5.32 Å². The fraction of sp³-hybridized carbons (Fsp3) is 0.500. The number of nitrogens with one attached hydrogen (secondary N) is 1. The van der Waals surface area contributed by atoms with E-state index in [0.29, 0.717) is 11.6 Å². The highest BCUT2D eigenvalue weighted by Gasteiger charge is 2.12. The third-order valence-corrected chi connectivity index (χ3v) is 3.84. The van der Waals surface area contributed by atoms with Crippen LogP contribution in [0.1, 0.15) is 30.6 Å². The number of carbonyl (C=O) groups excluding carboxylic acids is 1. The van der Waals surface area contributed by atoms with Gasteiger partial charge in [-0.25, -0.2) is 4.98 Å². The standard InChI is InChI=1S/C14H20ClN5O/c1-4-6-19-7-5-16-12(19)8-17-13(21)9-20-11(3)14(15)10(2)18-20/h5,7H,4,6,8-9H2,1-3H3,(H,17,21). The minimum Gasteiger partial charge on any atom is -0.347 e. The summed E-state index contributed by atoms with van der Waals surface area (Å²) in [6.45, 7) is 7.26. The van der Waals surface area contributed by atoms with Gasteiger partial charge in [0.2, 0.25) is 5.91 Å². The third-order valence-electron chi connectivity index (χ3n) is 3.30. The number of carbonyl (C=O) groups is 1. The van der Waals surface area contributed by atoms with E-state index in [-0.39, 0.29) is 12.5 Å². The van der Waals surface area contributed by atoms with Crippen molar-refractivity contribution in [3.05, 3.63) is 34.6 Å². The predicted octanol–water partition coefficient (Wildman–Crippen LogP) is 2.08. The van der Waals surface area contributed by atoms with Crippen molar-refractivity contribution in [3.63, 3.8) is 0 Å². The molecule has 0 aromatic carbocycles. The van der Waals surface area contributed by atoms with Crippen molar-refractivity contribution in [2.24, 2.45) is 0 Å². The maximum Gasteiger partial charge on any atom is 0.242 e. The van der Waals surface area contributed by atoms with Gasteiger partial charge in [-0.1, -0.05) is 18.5 Å². The van der Waals surface area contributed by atoms with Crippen LogP contribution in [0.25, 0.3) is 0 Å². The van der Waals surface area contributed by atoms with Gasteiger partial charge in [0, 0.05) is 18.9 Å². The Morgan fingerprint density at radius 3 is 2.81 bits per heavy atom. The molecule has 0 aliphatic carbocycles. The molecule has 0 atom stereocenters. The second-order valence-electron chi connectivity index (χ2n) is 4.96. The number of hydrogen-bond donors (Lipinski definition) is 1. The van der Waals surface area contributed by atoms with Crippen LogP contribution in [0.4, 0.5) is 0 Å². The van der Waals surface area contributed by atoms with E-state index in [9.17, 15) is 4.79 Å². The second-order valence-corrected chi connectivity index (χ2v) is 5.33. The first-order valence-electron chi connectivity index (χ1n) is 6.99. The van der Waals surface area contributed by atoms with Crippen molar-refractivity contribution in [3.8, 4) is 0 Å². The lowest BCUT2D eigenvalue weighted by Gasteiger charge is -2.08. The largest absolute Gasteiger partial charge is 0.347 e. The van der Waals surface area contributed by atoms with Gasteiger partial charge >= 0.3 is 0 Å². The molecule has 0 aliphatic heterocycles. The first-order chi connectivity index (χ1) is 10.0. The highest BCUT2D eigenvalue weighted by molar-refractivity contribution is 6.31. The Morgan fingerprint density at radius 1 is 1.43 bits per heavy atom. The van der Waals surface area contributed by atoms with Gasteiger partial charge in [-0.3, -0.25) is 9.48 Å². The Bertz CT molecular complexity index is 631. The topological polar surface area (TPSA) is 64.7 Å². The Labute approximate surface area is 129 Å². The molecule has 0 spiro atoms. The van der Waals surface area contributed by atoms with Gasteiger partial charge < -0.3 is 9.88 Å². The molecular weight excluding hydrogens is 290 g/mol. The Balaban J connectivity index is 1.93. The molecule has 0 saturated carbocycles. The lowest BCUT2D eigenvalue weighted by atomic mass is 10.4. The van der Waals surface area contributed by atoms with E-state index in [1.807, 2.05) is 24.6 Å². The number of imidazole rings is 1. The van der Waals surface area contributed by atoms with Gasteiger partial charge in [0.1, 0.15) is 12.4 Å². The van der Waals surface area contributed by atoms with Crippen molar-refractivity contribution in [1.29, 1.82) is 0 Å². The molecule has 114 valence electrons. The molecule has 0 bridgehead atoms. The van der Waals surface area contributed by atoms with Crippen molar-refractivity contribution >= 4 is 17.5 Å². The highest BCUT2D eigenvalue weighted by Crippen LogP contribution is 2.18. The highest BCUT2D eigenvalue weighted by atomic mass is 35.5. The minimum absolute atomic E-state index is 0.108. The Hall–Kier alpha value is -1.82. The summed E-state index contributed by atoms with van der Waals surface area (Å²) in [5.74, 6) is 0.750. The summed E-state index contributed by atoms with van der Waals surface area (Å²) in [5, 5.41) is 7.72. The van der Waals surface area contributed by atoms with Crippen LogP contribution in [-0.4, -0.2) is 25.2 Å². The molecule has 2 heterocycles. The summed E-state index contributed by atoms with van der Waals surface area (Å²) in [7, 11) is 0. The minimum atomic E-state index is -0.108. The average Bonchev–Trinajstić information content (AvgIpc) is 2.98. The van der Waals surface area contributed by atoms with Gasteiger partial charge in [0.15, 0.2) is 0 Å². The number of amides is 1. The first kappa shape index (κ1) is 15.6. The maximum atomic E-state index is 12.0. The van der Waals surface area contributed by atoms with Gasteiger partial charge in [-0.15, -0.1) is 0 Å². The smallest absolute Gasteiger partial charge is 0.242 e. The zero-order chi connectivity index (χ0) is 15.4. The van der Waals surface area contributed by atoms with Crippen molar-refractivity contribution in [1.82, 2.24) is 24.6 Å². The van der Waals surface area contributed by atoms with Crippen LogP contribution in [0.15, 0.2) is 12.4 Å². The molecule has 6 nitrogen and oxygen atoms in total. The summed E-state index contributed by atoms with van der Waals surface area (Å²) in [5.41, 5.74) is 1.54. The van der Waals surface area contributed by atoms with E-state index in [2.05, 4.69) is 22.3 Å². The van der Waals surface area contributed by atoms with Crippen molar-refractivity contribution in [2.45, 2.75) is 46.8 Å². The van der Waals surface area contributed by atoms with E-state index >= 15 is 0 Å². The molecule has 2 aromatic heterocycles. The van der Waals surface area contributed by atoms with Crippen LogP contribution in [0, 0.1) is 13.8 Å². The molecule has 0 saturated heterocycles. The molecule has 0 fully saturated rings. The molecule has 0 radical (unpaired) electrons. The van der Waals surface area contributed by atoms with Crippen molar-refractivity contribution < 1.29 is 4.79 Å². The van der Waals surface area contributed by atoms with Crippen LogP contribution in [0.5, 0.6) is 0 Å². The lowest BCUT2D eigenvalue weighted by molar-refractivity contribution is -0.122. The number of nitrogens with zero attached hydrogens (tertiary/aromatic N) is 4. The predicted molar refractivity (Wildman–Crippen MR) is 81.1 cm³/mol. The van der Waals surface area contributed by atoms with E-state index in [4.69, 9.17) is 11.6 Å². The average molecular weight is 310 g/mol. The molecule has 1 amide bonds. The van der Waals surface area contributed by atoms with E-state index in [1.54, 1.807) is 10.9 Å². The Kier molecular flexibility index (Phi) is 5.01. The van der Waals surface area contributed by atoms with Crippen LogP contribution in [0.3, 0.4) is 0 Å². The number of hydrogen-bond acceptors (Lipinski definition) is 3. The van der Waals surface area contributed by atoms with E-state index in [1.165, 1.54) is 0 Å². The second kappa shape index (κ2) is 6.76. The summed E-state index contributed by atoms with van der Waals surface area (Å²) < 4.78 is 3.66. The van der Waals surface area contributed by atoms with Crippen LogP contribution in [-0.2, 0) is 24.4 Å². The van der Waals surface area contributed by atoms with Gasteiger partial charge in [-0.05, 0) is 20.3 Å². The lowest BCUT2D eigenvalue weighted by Crippen LogP contribution is -2.29.